The van der Waals surface area contributed by atoms with E-state index in [-0.39, 0.29) is 16.0 Å². The second-order valence-corrected chi connectivity index (χ2v) is 7.82. The van der Waals surface area contributed by atoms with Gasteiger partial charge in [0.25, 0.3) is 0 Å². The summed E-state index contributed by atoms with van der Waals surface area (Å²) in [7, 11) is -3.37. The number of sulfone groups is 1. The van der Waals surface area contributed by atoms with E-state index < -0.39 is 9.84 Å². The van der Waals surface area contributed by atoms with Gasteiger partial charge in [0.1, 0.15) is 9.90 Å². The van der Waals surface area contributed by atoms with Crippen molar-refractivity contribution in [1.29, 1.82) is 0 Å². The number of nitrogens with zero attached hydrogens (tertiary/aromatic N) is 3. The predicted molar refractivity (Wildman–Crippen MR) is 78.0 cm³/mol. The molecule has 0 saturated heterocycles. The zero-order valence-corrected chi connectivity index (χ0v) is 13.0. The van der Waals surface area contributed by atoms with Gasteiger partial charge in [0.05, 0.1) is 5.25 Å². The second-order valence-electron chi connectivity index (χ2n) is 4.88. The summed E-state index contributed by atoms with van der Waals surface area (Å²) in [4.78, 5) is 4.22. The van der Waals surface area contributed by atoms with E-state index in [9.17, 15) is 8.42 Å². The first-order valence-electron chi connectivity index (χ1n) is 6.50. The summed E-state index contributed by atoms with van der Waals surface area (Å²) in [5.74, 6) is 1.15. The minimum absolute atomic E-state index is 0.0723. The first-order valence-corrected chi connectivity index (χ1v) is 8.82. The Morgan fingerprint density at radius 2 is 2.24 bits per heavy atom. The molecule has 1 aliphatic carbocycles. The molecule has 0 aliphatic heterocycles. The van der Waals surface area contributed by atoms with Crippen molar-refractivity contribution in [3.8, 4) is 0 Å². The Bertz CT molecular complexity index is 748. The Labute approximate surface area is 125 Å². The number of anilines is 2. The van der Waals surface area contributed by atoms with Gasteiger partial charge in [-0.2, -0.15) is 9.36 Å². The molecule has 0 aromatic carbocycles. The normalized spacial score (nSPS) is 15.3. The SMILES string of the molecule is Cc1noc(CCNc2snc(N)c2S(=O)(=O)C2CC2)n1. The fourth-order valence-corrected chi connectivity index (χ4v) is 4.86. The molecule has 2 aromatic rings. The Morgan fingerprint density at radius 3 is 2.86 bits per heavy atom. The Hall–Kier alpha value is -1.68. The van der Waals surface area contributed by atoms with Crippen LogP contribution in [-0.4, -0.2) is 34.7 Å². The van der Waals surface area contributed by atoms with Crippen molar-refractivity contribution < 1.29 is 12.9 Å². The van der Waals surface area contributed by atoms with Gasteiger partial charge in [0.2, 0.25) is 5.89 Å². The fourth-order valence-electron chi connectivity index (χ4n) is 1.95. The maximum Gasteiger partial charge on any atom is 0.228 e. The number of nitrogens with two attached hydrogens (primary N) is 1. The lowest BCUT2D eigenvalue weighted by atomic mass is 10.4. The number of nitrogen functional groups attached to an aromatic ring is 1. The Kier molecular flexibility index (Phi) is 3.57. The first-order chi connectivity index (χ1) is 9.98. The van der Waals surface area contributed by atoms with Crippen LogP contribution in [-0.2, 0) is 16.3 Å². The molecule has 0 unspecified atom stereocenters. The monoisotopic (exact) mass is 329 g/mol. The molecule has 114 valence electrons. The van der Waals surface area contributed by atoms with E-state index in [1.54, 1.807) is 6.92 Å². The van der Waals surface area contributed by atoms with Gasteiger partial charge in [-0.05, 0) is 31.3 Å². The van der Waals surface area contributed by atoms with E-state index in [2.05, 4.69) is 19.8 Å². The lowest BCUT2D eigenvalue weighted by Gasteiger charge is -2.06. The van der Waals surface area contributed by atoms with Gasteiger partial charge < -0.3 is 15.6 Å². The molecule has 2 aromatic heterocycles. The fraction of sp³-hybridized carbons (Fsp3) is 0.545. The van der Waals surface area contributed by atoms with Crippen molar-refractivity contribution in [3.05, 3.63) is 11.7 Å². The lowest BCUT2D eigenvalue weighted by molar-refractivity contribution is 0.377. The minimum atomic E-state index is -3.37. The highest BCUT2D eigenvalue weighted by Crippen LogP contribution is 2.40. The highest BCUT2D eigenvalue weighted by atomic mass is 32.2. The quantitative estimate of drug-likeness (QED) is 0.804. The highest BCUT2D eigenvalue weighted by Gasteiger charge is 2.40. The number of aromatic nitrogens is 3. The number of nitrogens with one attached hydrogen (secondary N) is 1. The highest BCUT2D eigenvalue weighted by molar-refractivity contribution is 7.92. The van der Waals surface area contributed by atoms with Crippen molar-refractivity contribution in [2.75, 3.05) is 17.6 Å². The molecule has 3 rings (SSSR count). The van der Waals surface area contributed by atoms with E-state index in [1.165, 1.54) is 0 Å². The number of hydrogen-bond acceptors (Lipinski definition) is 9. The third-order valence-electron chi connectivity index (χ3n) is 3.12. The molecular weight excluding hydrogens is 314 g/mol. The molecule has 0 spiro atoms. The van der Waals surface area contributed by atoms with Crippen LogP contribution in [0, 0.1) is 6.92 Å². The summed E-state index contributed by atoms with van der Waals surface area (Å²) in [6.45, 7) is 2.21. The zero-order chi connectivity index (χ0) is 15.0. The van der Waals surface area contributed by atoms with Crippen molar-refractivity contribution in [2.45, 2.75) is 36.3 Å². The van der Waals surface area contributed by atoms with E-state index >= 15 is 0 Å². The molecule has 1 fully saturated rings. The van der Waals surface area contributed by atoms with Gasteiger partial charge >= 0.3 is 0 Å². The topological polar surface area (TPSA) is 124 Å². The van der Waals surface area contributed by atoms with E-state index in [4.69, 9.17) is 10.3 Å². The molecule has 8 nitrogen and oxygen atoms in total. The third-order valence-corrected chi connectivity index (χ3v) is 6.40. The third kappa shape index (κ3) is 2.86. The van der Waals surface area contributed by atoms with Gasteiger partial charge in [0, 0.05) is 13.0 Å². The summed E-state index contributed by atoms with van der Waals surface area (Å²) in [6.07, 6.45) is 1.89. The first kappa shape index (κ1) is 14.3. The van der Waals surface area contributed by atoms with Crippen molar-refractivity contribution in [3.63, 3.8) is 0 Å². The molecular formula is C11H15N5O3S2. The largest absolute Gasteiger partial charge is 0.382 e. The van der Waals surface area contributed by atoms with Crippen LogP contribution in [0.5, 0.6) is 0 Å². The van der Waals surface area contributed by atoms with Crippen LogP contribution < -0.4 is 11.1 Å². The lowest BCUT2D eigenvalue weighted by Crippen LogP contribution is -2.12. The van der Waals surface area contributed by atoms with Gasteiger partial charge in [-0.3, -0.25) is 0 Å². The summed E-state index contributed by atoms with van der Waals surface area (Å²) in [5, 5.41) is 6.92. The molecule has 1 saturated carbocycles. The van der Waals surface area contributed by atoms with Crippen LogP contribution >= 0.6 is 11.5 Å². The maximum atomic E-state index is 12.3. The molecule has 2 heterocycles. The van der Waals surface area contributed by atoms with Gasteiger partial charge in [-0.1, -0.05) is 5.16 Å². The molecule has 1 aliphatic rings. The van der Waals surface area contributed by atoms with Gasteiger partial charge in [-0.15, -0.1) is 0 Å². The second kappa shape index (κ2) is 5.26. The van der Waals surface area contributed by atoms with Crippen LogP contribution in [0.15, 0.2) is 9.42 Å². The molecule has 0 radical (unpaired) electrons. The van der Waals surface area contributed by atoms with Gasteiger partial charge in [0.15, 0.2) is 21.5 Å². The van der Waals surface area contributed by atoms with Crippen molar-refractivity contribution in [2.24, 2.45) is 0 Å². The Morgan fingerprint density at radius 1 is 1.48 bits per heavy atom. The summed E-state index contributed by atoms with van der Waals surface area (Å²) >= 11 is 1.06. The molecule has 21 heavy (non-hydrogen) atoms. The number of rotatable bonds is 6. The van der Waals surface area contributed by atoms with Crippen LogP contribution in [0.25, 0.3) is 0 Å². The molecule has 10 heteroatoms. The average Bonchev–Trinajstić information content (AvgIpc) is 3.12. The van der Waals surface area contributed by atoms with E-state index in [1.807, 2.05) is 0 Å². The standard InChI is InChI=1S/C11H15N5O3S2/c1-6-14-8(19-15-6)4-5-13-11-9(10(12)16-20-11)21(17,18)7-2-3-7/h7,13H,2-5H2,1H3,(H2,12,16). The molecule has 0 amide bonds. The number of aryl methyl sites for hydroxylation is 1. The average molecular weight is 329 g/mol. The summed E-state index contributed by atoms with van der Waals surface area (Å²) in [6, 6.07) is 0. The molecule has 3 N–H and O–H groups in total. The van der Waals surface area contributed by atoms with Crippen LogP contribution in [0.4, 0.5) is 10.8 Å². The maximum absolute atomic E-state index is 12.3. The van der Waals surface area contributed by atoms with Crippen molar-refractivity contribution in [1.82, 2.24) is 14.5 Å². The molecule has 0 atom stereocenters. The smallest absolute Gasteiger partial charge is 0.228 e. The van der Waals surface area contributed by atoms with Gasteiger partial charge in [-0.25, -0.2) is 8.42 Å². The van der Waals surface area contributed by atoms with Crippen LogP contribution in [0.2, 0.25) is 0 Å². The zero-order valence-electron chi connectivity index (χ0n) is 11.4. The summed E-state index contributed by atoms with van der Waals surface area (Å²) < 4.78 is 33.6. The Balaban J connectivity index is 1.71. The minimum Gasteiger partial charge on any atom is -0.382 e. The van der Waals surface area contributed by atoms with Crippen LogP contribution in [0.3, 0.4) is 0 Å². The molecule has 0 bridgehead atoms. The summed E-state index contributed by atoms with van der Waals surface area (Å²) in [5.41, 5.74) is 5.72. The van der Waals surface area contributed by atoms with E-state index in [0.717, 1.165) is 11.5 Å². The van der Waals surface area contributed by atoms with Crippen LogP contribution in [0.1, 0.15) is 24.6 Å². The predicted octanol–water partition coefficient (Wildman–Crippen LogP) is 1.01. The number of hydrogen-bond donors (Lipinski definition) is 2. The van der Waals surface area contributed by atoms with E-state index in [0.29, 0.717) is 42.5 Å². The van der Waals surface area contributed by atoms with Crippen molar-refractivity contribution >= 4 is 32.2 Å².